The van der Waals surface area contributed by atoms with E-state index in [-0.39, 0.29) is 29.5 Å². The molecule has 0 aromatic heterocycles. The van der Waals surface area contributed by atoms with E-state index in [4.69, 9.17) is 9.47 Å². The zero-order chi connectivity index (χ0) is 24.1. The van der Waals surface area contributed by atoms with Crippen LogP contribution < -0.4 is 4.74 Å². The number of hydrogen-bond donors (Lipinski definition) is 1. The number of nitro benzene ring substituents is 1. The summed E-state index contributed by atoms with van der Waals surface area (Å²) in [7, 11) is 1.54. The molecule has 2 aromatic carbocycles. The molecular weight excluding hydrogens is 428 g/mol. The average Bonchev–Trinajstić information content (AvgIpc) is 3.03. The van der Waals surface area contributed by atoms with Gasteiger partial charge < -0.3 is 19.5 Å². The Hall–Kier alpha value is -3.72. The lowest BCUT2D eigenvalue weighted by Crippen LogP contribution is -2.31. The van der Waals surface area contributed by atoms with E-state index in [1.54, 1.807) is 31.4 Å². The molecule has 1 atom stereocenters. The lowest BCUT2D eigenvalue weighted by Gasteiger charge is -2.25. The van der Waals surface area contributed by atoms with Gasteiger partial charge in [0, 0.05) is 38.0 Å². The summed E-state index contributed by atoms with van der Waals surface area (Å²) in [6, 6.07) is 11.4. The number of ether oxygens (including phenoxy) is 2. The number of aliphatic hydroxyl groups is 1. The molecule has 1 N–H and O–H groups in total. The van der Waals surface area contributed by atoms with Gasteiger partial charge >= 0.3 is 0 Å². The second-order valence-electron chi connectivity index (χ2n) is 7.89. The molecule has 9 heteroatoms. The van der Waals surface area contributed by atoms with Crippen molar-refractivity contribution < 1.29 is 29.1 Å². The Kier molecular flexibility index (Phi) is 7.44. The minimum atomic E-state index is -0.878. The van der Waals surface area contributed by atoms with Gasteiger partial charge in [0.25, 0.3) is 17.4 Å². The van der Waals surface area contributed by atoms with Gasteiger partial charge in [0.1, 0.15) is 11.5 Å². The number of hydrogen-bond acceptors (Lipinski definition) is 7. The van der Waals surface area contributed by atoms with Gasteiger partial charge in [-0.1, -0.05) is 24.3 Å². The first-order valence-electron chi connectivity index (χ1n) is 10.5. The Morgan fingerprint density at radius 1 is 1.18 bits per heavy atom. The summed E-state index contributed by atoms with van der Waals surface area (Å²) in [6.07, 6.45) is 0.400. The zero-order valence-electron chi connectivity index (χ0n) is 18.7. The monoisotopic (exact) mass is 454 g/mol. The molecule has 2 aromatic rings. The van der Waals surface area contributed by atoms with Crippen molar-refractivity contribution >= 4 is 23.1 Å². The standard InChI is InChI=1S/C24H26N2O7/c1-15(2)33-19-10-5-7-16(14-19)21-20(23(28)24(29)25(21)11-6-12-32-3)22(27)17-8-4-9-18(13-17)26(30)31/h4-5,7-10,13-15,21,27H,6,11-12H2,1-3H3/b22-20-. The first-order chi connectivity index (χ1) is 15.7. The van der Waals surface area contributed by atoms with Crippen LogP contribution in [0.3, 0.4) is 0 Å². The normalized spacial score (nSPS) is 17.6. The highest BCUT2D eigenvalue weighted by atomic mass is 16.6. The molecule has 1 fully saturated rings. The first-order valence-corrected chi connectivity index (χ1v) is 10.5. The Labute approximate surface area is 191 Å². The third-order valence-corrected chi connectivity index (χ3v) is 5.16. The number of amides is 1. The van der Waals surface area contributed by atoms with Gasteiger partial charge in [-0.25, -0.2) is 0 Å². The van der Waals surface area contributed by atoms with E-state index in [0.29, 0.717) is 24.3 Å². The van der Waals surface area contributed by atoms with Gasteiger partial charge in [0.2, 0.25) is 0 Å². The summed E-state index contributed by atoms with van der Waals surface area (Å²) in [6.45, 7) is 4.37. The number of rotatable bonds is 9. The molecule has 33 heavy (non-hydrogen) atoms. The number of Topliss-reactive ketones (excluding diaryl/α,β-unsaturated/α-hetero) is 1. The summed E-state index contributed by atoms with van der Waals surface area (Å²) in [4.78, 5) is 37.9. The largest absolute Gasteiger partial charge is 0.507 e. The van der Waals surface area contributed by atoms with Gasteiger partial charge in [-0.3, -0.25) is 19.7 Å². The van der Waals surface area contributed by atoms with Crippen LogP contribution in [0.1, 0.15) is 37.4 Å². The lowest BCUT2D eigenvalue weighted by molar-refractivity contribution is -0.384. The number of nitrogens with zero attached hydrogens (tertiary/aromatic N) is 2. The molecule has 1 unspecified atom stereocenters. The SMILES string of the molecule is COCCCN1C(=O)C(=O)/C(=C(\O)c2cccc([N+](=O)[O-])c2)C1c1cccc(OC(C)C)c1. The minimum Gasteiger partial charge on any atom is -0.507 e. The van der Waals surface area contributed by atoms with Crippen LogP contribution in [0.4, 0.5) is 5.69 Å². The molecular formula is C24H26N2O7. The lowest BCUT2D eigenvalue weighted by atomic mass is 9.95. The maximum absolute atomic E-state index is 13.0. The van der Waals surface area contributed by atoms with Gasteiger partial charge in [-0.15, -0.1) is 0 Å². The van der Waals surface area contributed by atoms with Crippen LogP contribution in [-0.2, 0) is 14.3 Å². The van der Waals surface area contributed by atoms with Crippen LogP contribution in [0, 0.1) is 10.1 Å². The molecule has 0 saturated carbocycles. The van der Waals surface area contributed by atoms with E-state index in [0.717, 1.165) is 0 Å². The van der Waals surface area contributed by atoms with Crippen LogP contribution >= 0.6 is 0 Å². The molecule has 1 amide bonds. The molecule has 0 aliphatic carbocycles. The van der Waals surface area contributed by atoms with Crippen LogP contribution in [0.25, 0.3) is 5.76 Å². The van der Waals surface area contributed by atoms with Crippen LogP contribution in [-0.4, -0.2) is 53.0 Å². The molecule has 3 rings (SSSR count). The van der Waals surface area contributed by atoms with E-state index in [9.17, 15) is 24.8 Å². The fourth-order valence-corrected chi connectivity index (χ4v) is 3.79. The Morgan fingerprint density at radius 2 is 1.91 bits per heavy atom. The van der Waals surface area contributed by atoms with E-state index < -0.39 is 28.4 Å². The molecule has 174 valence electrons. The van der Waals surface area contributed by atoms with Crippen LogP contribution in [0.2, 0.25) is 0 Å². The molecule has 0 spiro atoms. The topological polar surface area (TPSA) is 119 Å². The predicted octanol–water partition coefficient (Wildman–Crippen LogP) is 3.84. The Balaban J connectivity index is 2.15. The number of non-ortho nitro benzene ring substituents is 1. The average molecular weight is 454 g/mol. The zero-order valence-corrected chi connectivity index (χ0v) is 18.7. The molecule has 1 aliphatic rings. The fraction of sp³-hybridized carbons (Fsp3) is 0.333. The number of nitro groups is 1. The van der Waals surface area contributed by atoms with Crippen molar-refractivity contribution in [3.8, 4) is 5.75 Å². The highest BCUT2D eigenvalue weighted by Gasteiger charge is 2.46. The van der Waals surface area contributed by atoms with E-state index >= 15 is 0 Å². The van der Waals surface area contributed by atoms with Crippen molar-refractivity contribution in [2.75, 3.05) is 20.3 Å². The third-order valence-electron chi connectivity index (χ3n) is 5.16. The molecule has 0 radical (unpaired) electrons. The third kappa shape index (κ3) is 5.20. The smallest absolute Gasteiger partial charge is 0.295 e. The maximum atomic E-state index is 13.0. The molecule has 1 aliphatic heterocycles. The van der Waals surface area contributed by atoms with Gasteiger partial charge in [-0.05, 0) is 38.0 Å². The Bertz CT molecular complexity index is 1090. The second-order valence-corrected chi connectivity index (χ2v) is 7.89. The molecule has 1 heterocycles. The quantitative estimate of drug-likeness (QED) is 0.153. The van der Waals surface area contributed by atoms with Gasteiger partial charge in [0.15, 0.2) is 0 Å². The minimum absolute atomic E-state index is 0.0821. The maximum Gasteiger partial charge on any atom is 0.295 e. The highest BCUT2D eigenvalue weighted by Crippen LogP contribution is 2.40. The number of likely N-dealkylation sites (tertiary alicyclic amines) is 1. The molecule has 9 nitrogen and oxygen atoms in total. The van der Waals surface area contributed by atoms with Crippen molar-refractivity contribution in [1.29, 1.82) is 0 Å². The van der Waals surface area contributed by atoms with Crippen LogP contribution in [0.15, 0.2) is 54.1 Å². The number of ketones is 1. The number of aliphatic hydroxyl groups excluding tert-OH is 1. The summed E-state index contributed by atoms with van der Waals surface area (Å²) < 4.78 is 10.8. The van der Waals surface area contributed by atoms with Gasteiger partial charge in [-0.2, -0.15) is 0 Å². The van der Waals surface area contributed by atoms with Crippen molar-refractivity contribution in [3.63, 3.8) is 0 Å². The fourth-order valence-electron chi connectivity index (χ4n) is 3.79. The Morgan fingerprint density at radius 3 is 2.58 bits per heavy atom. The molecule has 0 bridgehead atoms. The second kappa shape index (κ2) is 10.3. The number of benzene rings is 2. The van der Waals surface area contributed by atoms with Crippen molar-refractivity contribution in [2.24, 2.45) is 0 Å². The summed E-state index contributed by atoms with van der Waals surface area (Å²) in [5.41, 5.74) is 0.298. The van der Waals surface area contributed by atoms with E-state index in [1.807, 2.05) is 13.8 Å². The summed E-state index contributed by atoms with van der Waals surface area (Å²) >= 11 is 0. The molecule has 1 saturated heterocycles. The highest BCUT2D eigenvalue weighted by molar-refractivity contribution is 6.46. The van der Waals surface area contributed by atoms with Crippen molar-refractivity contribution in [1.82, 2.24) is 4.90 Å². The predicted molar refractivity (Wildman–Crippen MR) is 121 cm³/mol. The number of methoxy groups -OCH3 is 1. The van der Waals surface area contributed by atoms with Gasteiger partial charge in [0.05, 0.1) is 22.6 Å². The van der Waals surface area contributed by atoms with Crippen molar-refractivity contribution in [3.05, 3.63) is 75.3 Å². The summed E-state index contributed by atoms with van der Waals surface area (Å²) in [5, 5.41) is 22.2. The summed E-state index contributed by atoms with van der Waals surface area (Å²) in [5.74, 6) is -1.51. The number of carbonyl (C=O) groups is 2. The van der Waals surface area contributed by atoms with Crippen molar-refractivity contribution in [2.45, 2.75) is 32.4 Å². The van der Waals surface area contributed by atoms with E-state index in [1.165, 1.54) is 29.2 Å². The van der Waals surface area contributed by atoms with Crippen LogP contribution in [0.5, 0.6) is 5.75 Å². The first kappa shape index (κ1) is 23.9. The van der Waals surface area contributed by atoms with E-state index in [2.05, 4.69) is 0 Å². The number of carbonyl (C=O) groups excluding carboxylic acids is 2.